The van der Waals surface area contributed by atoms with Gasteiger partial charge in [0.2, 0.25) is 0 Å². The van der Waals surface area contributed by atoms with E-state index in [0.717, 1.165) is 18.7 Å². The van der Waals surface area contributed by atoms with Crippen molar-refractivity contribution in [2.75, 3.05) is 32.8 Å². The van der Waals surface area contributed by atoms with Crippen LogP contribution in [0.4, 0.5) is 5.69 Å². The Morgan fingerprint density at radius 1 is 1.21 bits per heavy atom. The molecule has 1 amide bonds. The summed E-state index contributed by atoms with van der Waals surface area (Å²) in [4.78, 5) is 23.5. The monoisotopic (exact) mass is 399 g/mol. The second-order valence-electron chi connectivity index (χ2n) is 6.58. The van der Waals surface area contributed by atoms with Gasteiger partial charge in [-0.25, -0.2) is 5.43 Å². The first-order chi connectivity index (χ1) is 14.1. The van der Waals surface area contributed by atoms with E-state index in [2.05, 4.69) is 10.5 Å². The maximum absolute atomic E-state index is 12.0. The summed E-state index contributed by atoms with van der Waals surface area (Å²) in [6.45, 7) is 3.60. The summed E-state index contributed by atoms with van der Waals surface area (Å²) in [6.07, 6.45) is 1.54. The summed E-state index contributed by atoms with van der Waals surface area (Å²) in [5.74, 6) is 0.449. The second-order valence-corrected chi connectivity index (χ2v) is 6.58. The molecular formula is C20H23N4O5+. The molecule has 0 radical (unpaired) electrons. The maximum Gasteiger partial charge on any atom is 0.295 e. The summed E-state index contributed by atoms with van der Waals surface area (Å²) >= 11 is 0. The van der Waals surface area contributed by atoms with E-state index >= 15 is 0 Å². The molecule has 0 bridgehead atoms. The fourth-order valence-corrected chi connectivity index (χ4v) is 2.87. The van der Waals surface area contributed by atoms with E-state index in [1.807, 2.05) is 18.2 Å². The van der Waals surface area contributed by atoms with Crippen LogP contribution in [0.3, 0.4) is 0 Å². The van der Waals surface area contributed by atoms with Crippen LogP contribution in [0.25, 0.3) is 0 Å². The molecule has 152 valence electrons. The van der Waals surface area contributed by atoms with Crippen molar-refractivity contribution < 1.29 is 24.1 Å². The average molecular weight is 399 g/mol. The molecule has 2 aromatic rings. The molecule has 2 aromatic carbocycles. The van der Waals surface area contributed by atoms with E-state index in [9.17, 15) is 14.9 Å². The Bertz CT molecular complexity index is 863. The quantitative estimate of drug-likeness (QED) is 0.383. The molecule has 0 aliphatic carbocycles. The summed E-state index contributed by atoms with van der Waals surface area (Å²) in [5, 5.41) is 14.7. The fraction of sp³-hybridized carbons (Fsp3) is 0.300. The van der Waals surface area contributed by atoms with Crippen molar-refractivity contribution in [3.63, 3.8) is 0 Å². The molecule has 9 nitrogen and oxygen atoms in total. The number of quaternary nitrogens is 1. The van der Waals surface area contributed by atoms with E-state index in [1.54, 1.807) is 18.2 Å². The zero-order valence-corrected chi connectivity index (χ0v) is 15.9. The number of nitrogens with one attached hydrogen (secondary N) is 2. The van der Waals surface area contributed by atoms with Crippen LogP contribution < -0.4 is 15.1 Å². The Balaban J connectivity index is 1.53. The highest BCUT2D eigenvalue weighted by Gasteiger charge is 2.17. The number of carbonyl (C=O) groups excluding carboxylic acids is 1. The molecule has 1 aliphatic heterocycles. The number of hydrazone groups is 1. The third-order valence-corrected chi connectivity index (χ3v) is 4.46. The maximum atomic E-state index is 12.0. The van der Waals surface area contributed by atoms with Gasteiger partial charge in [0.15, 0.2) is 6.54 Å². The van der Waals surface area contributed by atoms with Gasteiger partial charge in [0.1, 0.15) is 25.4 Å². The Morgan fingerprint density at radius 2 is 1.93 bits per heavy atom. The van der Waals surface area contributed by atoms with Crippen molar-refractivity contribution in [1.29, 1.82) is 0 Å². The molecule has 3 rings (SSSR count). The minimum atomic E-state index is -0.439. The van der Waals surface area contributed by atoms with E-state index < -0.39 is 4.92 Å². The first kappa shape index (κ1) is 20.4. The van der Waals surface area contributed by atoms with Crippen molar-refractivity contribution in [3.05, 3.63) is 69.8 Å². The number of amides is 1. The van der Waals surface area contributed by atoms with E-state index in [1.165, 1.54) is 23.2 Å². The molecule has 1 saturated heterocycles. The lowest BCUT2D eigenvalue weighted by molar-refractivity contribution is -0.900. The molecular weight excluding hydrogens is 376 g/mol. The van der Waals surface area contributed by atoms with Crippen LogP contribution in [0.2, 0.25) is 0 Å². The molecule has 1 aliphatic rings. The van der Waals surface area contributed by atoms with E-state index in [4.69, 9.17) is 9.47 Å². The van der Waals surface area contributed by atoms with Crippen LogP contribution in [0, 0.1) is 10.1 Å². The van der Waals surface area contributed by atoms with Gasteiger partial charge < -0.3 is 14.4 Å². The Labute approximate surface area is 168 Å². The van der Waals surface area contributed by atoms with Gasteiger partial charge in [-0.1, -0.05) is 12.1 Å². The lowest BCUT2D eigenvalue weighted by Crippen LogP contribution is -3.15. The predicted molar refractivity (Wildman–Crippen MR) is 106 cm³/mol. The Hall–Kier alpha value is -3.30. The summed E-state index contributed by atoms with van der Waals surface area (Å²) in [6, 6.07) is 13.5. The largest absolute Gasteiger partial charge is 0.488 e. The van der Waals surface area contributed by atoms with Crippen LogP contribution in [0.1, 0.15) is 11.1 Å². The van der Waals surface area contributed by atoms with Crippen molar-refractivity contribution in [2.24, 2.45) is 5.10 Å². The van der Waals surface area contributed by atoms with Gasteiger partial charge in [0.25, 0.3) is 11.6 Å². The number of nitrogens with zero attached hydrogens (tertiary/aromatic N) is 2. The first-order valence-electron chi connectivity index (χ1n) is 9.30. The van der Waals surface area contributed by atoms with Gasteiger partial charge >= 0.3 is 0 Å². The summed E-state index contributed by atoms with van der Waals surface area (Å²) in [5.41, 5.74) is 4.11. The highest BCUT2D eigenvalue weighted by atomic mass is 16.6. The van der Waals surface area contributed by atoms with E-state index in [-0.39, 0.29) is 18.2 Å². The van der Waals surface area contributed by atoms with Gasteiger partial charge in [-0.15, -0.1) is 0 Å². The molecule has 29 heavy (non-hydrogen) atoms. The van der Waals surface area contributed by atoms with Gasteiger partial charge in [-0.3, -0.25) is 14.9 Å². The highest BCUT2D eigenvalue weighted by Crippen LogP contribution is 2.18. The number of rotatable bonds is 8. The van der Waals surface area contributed by atoms with Gasteiger partial charge in [-0.2, -0.15) is 5.10 Å². The molecule has 0 unspecified atom stereocenters. The molecule has 0 aromatic heterocycles. The molecule has 1 heterocycles. The number of hydrogen-bond donors (Lipinski definition) is 2. The minimum Gasteiger partial charge on any atom is -0.488 e. The fourth-order valence-electron chi connectivity index (χ4n) is 2.87. The SMILES string of the molecule is O=C(C[NH+]1CCOCC1)NN=Cc1ccccc1OCc1ccc([N+](=O)[O-])cc1. The third kappa shape index (κ3) is 6.37. The van der Waals surface area contributed by atoms with Crippen molar-refractivity contribution in [1.82, 2.24) is 5.43 Å². The predicted octanol–water partition coefficient (Wildman–Crippen LogP) is 0.539. The number of ether oxygens (including phenoxy) is 2. The highest BCUT2D eigenvalue weighted by molar-refractivity contribution is 5.85. The first-order valence-corrected chi connectivity index (χ1v) is 9.30. The lowest BCUT2D eigenvalue weighted by Gasteiger charge is -2.22. The number of hydrogen-bond acceptors (Lipinski definition) is 6. The molecule has 0 atom stereocenters. The smallest absolute Gasteiger partial charge is 0.295 e. The second kappa shape index (κ2) is 10.3. The van der Waals surface area contributed by atoms with Crippen molar-refractivity contribution in [3.8, 4) is 5.75 Å². The number of nitro benzene ring substituents is 1. The molecule has 0 saturated carbocycles. The van der Waals surface area contributed by atoms with Crippen LogP contribution in [0.5, 0.6) is 5.75 Å². The number of morpholine rings is 1. The molecule has 2 N–H and O–H groups in total. The summed E-state index contributed by atoms with van der Waals surface area (Å²) in [7, 11) is 0. The molecule has 0 spiro atoms. The number of benzene rings is 2. The van der Waals surface area contributed by atoms with Crippen LogP contribution in [-0.2, 0) is 16.1 Å². The zero-order valence-electron chi connectivity index (χ0n) is 15.9. The van der Waals surface area contributed by atoms with Crippen LogP contribution in [0.15, 0.2) is 53.6 Å². The van der Waals surface area contributed by atoms with Gasteiger partial charge in [0, 0.05) is 17.7 Å². The Kier molecular flexibility index (Phi) is 7.26. The topological polar surface area (TPSA) is 108 Å². The number of carbonyl (C=O) groups is 1. The lowest BCUT2D eigenvalue weighted by atomic mass is 10.2. The number of non-ortho nitro benzene ring substituents is 1. The van der Waals surface area contributed by atoms with Crippen LogP contribution in [-0.4, -0.2) is 49.9 Å². The molecule has 9 heteroatoms. The van der Waals surface area contributed by atoms with Gasteiger partial charge in [-0.05, 0) is 29.8 Å². The third-order valence-electron chi connectivity index (χ3n) is 4.46. The normalized spacial score (nSPS) is 14.6. The molecule has 1 fully saturated rings. The zero-order chi connectivity index (χ0) is 20.5. The van der Waals surface area contributed by atoms with Gasteiger partial charge in [0.05, 0.1) is 24.4 Å². The standard InChI is InChI=1S/C20H22N4O5/c25-20(14-23-9-11-28-12-10-23)22-21-13-17-3-1-2-4-19(17)29-15-16-5-7-18(8-6-16)24(26)27/h1-8,13H,9-12,14-15H2,(H,22,25)/p+1. The van der Waals surface area contributed by atoms with Crippen molar-refractivity contribution in [2.45, 2.75) is 6.61 Å². The Morgan fingerprint density at radius 3 is 2.66 bits per heavy atom. The van der Waals surface area contributed by atoms with Crippen LogP contribution >= 0.6 is 0 Å². The number of para-hydroxylation sites is 1. The average Bonchev–Trinajstić information content (AvgIpc) is 2.74. The number of nitro groups is 1. The summed E-state index contributed by atoms with van der Waals surface area (Å²) < 4.78 is 11.1. The van der Waals surface area contributed by atoms with E-state index in [0.29, 0.717) is 31.1 Å². The van der Waals surface area contributed by atoms with Crippen molar-refractivity contribution >= 4 is 17.8 Å². The minimum absolute atomic E-state index is 0.0379.